The third-order valence-electron chi connectivity index (χ3n) is 4.21. The lowest BCUT2D eigenvalue weighted by Gasteiger charge is -2.26. The van der Waals surface area contributed by atoms with Gasteiger partial charge in [-0.2, -0.15) is 0 Å². The van der Waals surface area contributed by atoms with Crippen LogP contribution in [0.4, 0.5) is 15.3 Å². The second-order valence-corrected chi connectivity index (χ2v) is 7.76. The minimum atomic E-state index is -0.836. The topological polar surface area (TPSA) is 165 Å². The van der Waals surface area contributed by atoms with Crippen LogP contribution in [0.2, 0.25) is 0 Å². The maximum absolute atomic E-state index is 12.4. The minimum absolute atomic E-state index is 0.0102. The number of amides is 5. The van der Waals surface area contributed by atoms with Crippen molar-refractivity contribution in [2.24, 2.45) is 5.73 Å². The van der Waals surface area contributed by atoms with Gasteiger partial charge in [0.15, 0.2) is 0 Å². The number of nitro groups is 1. The first-order valence-electron chi connectivity index (χ1n) is 9.59. The van der Waals surface area contributed by atoms with Crippen LogP contribution in [-0.2, 0) is 4.74 Å². The zero-order chi connectivity index (χ0) is 23.3. The fourth-order valence-corrected chi connectivity index (χ4v) is 2.85. The van der Waals surface area contributed by atoms with Crippen LogP contribution in [0.25, 0.3) is 0 Å². The average molecular weight is 435 g/mol. The molecule has 2 rings (SSSR count). The predicted octanol–water partition coefficient (Wildman–Crippen LogP) is 1.49. The zero-order valence-electron chi connectivity index (χ0n) is 17.5. The Hall–Kier alpha value is -3.54. The van der Waals surface area contributed by atoms with Crippen LogP contribution < -0.4 is 11.1 Å². The molecule has 0 unspecified atom stereocenters. The normalized spacial score (nSPS) is 13.1. The molecule has 12 nitrogen and oxygen atoms in total. The Kier molecular flexibility index (Phi) is 7.28. The number of rotatable bonds is 7. The zero-order valence-corrected chi connectivity index (χ0v) is 17.5. The summed E-state index contributed by atoms with van der Waals surface area (Å²) < 4.78 is 5.18. The van der Waals surface area contributed by atoms with Crippen LogP contribution in [0.1, 0.15) is 47.9 Å². The summed E-state index contributed by atoms with van der Waals surface area (Å²) in [6, 6.07) is 2.78. The van der Waals surface area contributed by atoms with Crippen LogP contribution >= 0.6 is 0 Å². The summed E-state index contributed by atoms with van der Waals surface area (Å²) in [5, 5.41) is 13.4. The first-order valence-corrected chi connectivity index (χ1v) is 9.59. The minimum Gasteiger partial charge on any atom is -0.443 e. The van der Waals surface area contributed by atoms with E-state index in [4.69, 9.17) is 10.5 Å². The number of nitro benzene ring substituents is 1. The third-order valence-corrected chi connectivity index (χ3v) is 4.21. The fraction of sp³-hybridized carbons (Fsp3) is 0.474. The predicted molar refractivity (Wildman–Crippen MR) is 108 cm³/mol. The van der Waals surface area contributed by atoms with E-state index >= 15 is 0 Å². The molecular weight excluding hydrogens is 410 g/mol. The number of ether oxygens (including phenoxy) is 1. The number of carbonyl (C=O) groups is 4. The van der Waals surface area contributed by atoms with E-state index in [1.165, 1.54) is 6.07 Å². The number of non-ortho nitro benzene ring substituents is 1. The van der Waals surface area contributed by atoms with E-state index in [0.29, 0.717) is 0 Å². The maximum Gasteiger partial charge on any atom is 0.418 e. The van der Waals surface area contributed by atoms with Gasteiger partial charge in [-0.05, 0) is 33.3 Å². The summed E-state index contributed by atoms with van der Waals surface area (Å²) in [6.45, 7) is 5.06. The molecule has 5 amide bonds. The van der Waals surface area contributed by atoms with Crippen molar-refractivity contribution in [3.63, 3.8) is 0 Å². The smallest absolute Gasteiger partial charge is 0.418 e. The molecule has 1 aliphatic rings. The fourth-order valence-electron chi connectivity index (χ4n) is 2.85. The second-order valence-electron chi connectivity index (χ2n) is 7.76. The number of fused-ring (bicyclic) bond motifs is 1. The second kappa shape index (κ2) is 9.51. The van der Waals surface area contributed by atoms with Crippen LogP contribution in [-0.4, -0.2) is 70.4 Å². The van der Waals surface area contributed by atoms with E-state index in [0.717, 1.165) is 21.9 Å². The van der Waals surface area contributed by atoms with Gasteiger partial charge >= 0.3 is 12.1 Å². The maximum atomic E-state index is 12.4. The van der Waals surface area contributed by atoms with Gasteiger partial charge in [-0.1, -0.05) is 0 Å². The summed E-state index contributed by atoms with van der Waals surface area (Å²) in [4.78, 5) is 61.3. The summed E-state index contributed by atoms with van der Waals surface area (Å²) in [6.07, 6.45) is -0.623. The highest BCUT2D eigenvalue weighted by Gasteiger charge is 2.36. The van der Waals surface area contributed by atoms with Crippen LogP contribution in [0.15, 0.2) is 18.2 Å². The largest absolute Gasteiger partial charge is 0.443 e. The molecule has 1 heterocycles. The Balaban J connectivity index is 1.92. The molecule has 1 aromatic carbocycles. The summed E-state index contributed by atoms with van der Waals surface area (Å²) in [5.74, 6) is -1.19. The quantitative estimate of drug-likeness (QED) is 0.281. The molecule has 0 radical (unpaired) electrons. The SMILES string of the molecule is CC(C)(C)OC(=O)N(CCN)C(=O)NCCCN1C(=O)c2ccc([N+](=O)[O-])cc2C1=O. The standard InChI is InChI=1S/C19H25N5O7/c1-19(2,3)31-18(28)23(10-7-20)17(27)21-8-4-9-22-15(25)13-6-5-12(24(29)30)11-14(13)16(22)26/h5-6,11H,4,7-10,20H2,1-3H3,(H,21,27). The molecule has 0 spiro atoms. The van der Waals surface area contributed by atoms with E-state index in [9.17, 15) is 29.3 Å². The molecular formula is C19H25N5O7. The number of hydrogen-bond acceptors (Lipinski definition) is 8. The summed E-state index contributed by atoms with van der Waals surface area (Å²) in [5.41, 5.74) is 4.46. The molecule has 3 N–H and O–H groups in total. The van der Waals surface area contributed by atoms with Crippen molar-refractivity contribution in [1.29, 1.82) is 0 Å². The molecule has 0 aliphatic carbocycles. The van der Waals surface area contributed by atoms with Gasteiger partial charge in [-0.15, -0.1) is 0 Å². The lowest BCUT2D eigenvalue weighted by molar-refractivity contribution is -0.384. The van der Waals surface area contributed by atoms with E-state index in [2.05, 4.69) is 5.32 Å². The Morgan fingerprint density at radius 1 is 1.23 bits per heavy atom. The molecule has 168 valence electrons. The van der Waals surface area contributed by atoms with Crippen molar-refractivity contribution < 1.29 is 28.8 Å². The van der Waals surface area contributed by atoms with Crippen molar-refractivity contribution >= 4 is 29.6 Å². The lowest BCUT2D eigenvalue weighted by Crippen LogP contribution is -2.48. The first-order chi connectivity index (χ1) is 14.5. The molecule has 0 bridgehead atoms. The number of benzene rings is 1. The van der Waals surface area contributed by atoms with Crippen molar-refractivity contribution in [1.82, 2.24) is 15.1 Å². The number of imide groups is 2. The molecule has 0 saturated carbocycles. The number of nitrogens with one attached hydrogen (secondary N) is 1. The number of hydrogen-bond donors (Lipinski definition) is 2. The molecule has 0 aromatic heterocycles. The molecule has 1 aromatic rings. The van der Waals surface area contributed by atoms with E-state index < -0.39 is 34.5 Å². The summed E-state index contributed by atoms with van der Waals surface area (Å²) in [7, 11) is 0. The number of nitrogens with zero attached hydrogens (tertiary/aromatic N) is 3. The molecule has 12 heteroatoms. The van der Waals surface area contributed by atoms with Gasteiger partial charge in [-0.25, -0.2) is 14.5 Å². The van der Waals surface area contributed by atoms with Crippen LogP contribution in [0.3, 0.4) is 0 Å². The third kappa shape index (κ3) is 5.75. The van der Waals surface area contributed by atoms with Gasteiger partial charge in [0.05, 0.1) is 16.1 Å². The number of nitrogens with two attached hydrogens (primary N) is 1. The monoisotopic (exact) mass is 435 g/mol. The molecule has 31 heavy (non-hydrogen) atoms. The number of urea groups is 1. The van der Waals surface area contributed by atoms with Crippen molar-refractivity contribution in [2.45, 2.75) is 32.8 Å². The van der Waals surface area contributed by atoms with Gasteiger partial charge in [0.1, 0.15) is 5.60 Å². The molecule has 1 aliphatic heterocycles. The highest BCUT2D eigenvalue weighted by molar-refractivity contribution is 6.21. The molecule has 0 saturated heterocycles. The van der Waals surface area contributed by atoms with E-state index in [-0.39, 0.29) is 49.4 Å². The van der Waals surface area contributed by atoms with E-state index in [1.54, 1.807) is 20.8 Å². The molecule has 0 fully saturated rings. The highest BCUT2D eigenvalue weighted by atomic mass is 16.6. The van der Waals surface area contributed by atoms with Crippen molar-refractivity contribution in [3.8, 4) is 0 Å². The van der Waals surface area contributed by atoms with Crippen LogP contribution in [0.5, 0.6) is 0 Å². The van der Waals surface area contributed by atoms with Gasteiger partial charge in [0, 0.05) is 38.3 Å². The summed E-state index contributed by atoms with van der Waals surface area (Å²) >= 11 is 0. The highest BCUT2D eigenvalue weighted by Crippen LogP contribution is 2.26. The average Bonchev–Trinajstić information content (AvgIpc) is 2.91. The number of carbonyl (C=O) groups excluding carboxylic acids is 4. The van der Waals surface area contributed by atoms with Gasteiger partial charge in [0.2, 0.25) is 0 Å². The Labute approximate surface area is 178 Å². The van der Waals surface area contributed by atoms with Crippen molar-refractivity contribution in [2.75, 3.05) is 26.2 Å². The Morgan fingerprint density at radius 3 is 2.45 bits per heavy atom. The molecule has 0 atom stereocenters. The van der Waals surface area contributed by atoms with Gasteiger partial charge < -0.3 is 15.8 Å². The lowest BCUT2D eigenvalue weighted by atomic mass is 10.1. The van der Waals surface area contributed by atoms with E-state index in [1.807, 2.05) is 0 Å². The van der Waals surface area contributed by atoms with Gasteiger partial charge in [0.25, 0.3) is 17.5 Å². The first kappa shape index (κ1) is 23.7. The Morgan fingerprint density at radius 2 is 1.87 bits per heavy atom. The van der Waals surface area contributed by atoms with Crippen LogP contribution in [0, 0.1) is 10.1 Å². The van der Waals surface area contributed by atoms with Crippen molar-refractivity contribution in [3.05, 3.63) is 39.4 Å². The van der Waals surface area contributed by atoms with Gasteiger partial charge in [-0.3, -0.25) is 24.6 Å². The Bertz CT molecular complexity index is 909.